The minimum atomic E-state index is -0.269. The SMILES string of the molecule is CCOCC(=O)Nc1cc(C(=O)NCC2COc3ccccc3O2)ccc1C. The Balaban J connectivity index is 1.57. The maximum atomic E-state index is 12.5. The van der Waals surface area contributed by atoms with Crippen molar-refractivity contribution in [2.75, 3.05) is 31.7 Å². The maximum Gasteiger partial charge on any atom is 0.251 e. The molecule has 0 saturated heterocycles. The molecule has 3 rings (SSSR count). The van der Waals surface area contributed by atoms with Crippen molar-refractivity contribution in [3.8, 4) is 11.5 Å². The normalized spacial score (nSPS) is 15.0. The molecule has 0 aliphatic carbocycles. The van der Waals surface area contributed by atoms with Crippen LogP contribution in [0.25, 0.3) is 0 Å². The number of aryl methyl sites for hydroxylation is 1. The lowest BCUT2D eigenvalue weighted by molar-refractivity contribution is -0.120. The number of anilines is 1. The van der Waals surface area contributed by atoms with Crippen molar-refractivity contribution < 1.29 is 23.8 Å². The first-order valence-corrected chi connectivity index (χ1v) is 9.21. The molecule has 2 aromatic rings. The minimum absolute atomic E-state index is 0.0210. The molecule has 7 nitrogen and oxygen atoms in total. The lowest BCUT2D eigenvalue weighted by Crippen LogP contribution is -2.40. The van der Waals surface area contributed by atoms with Crippen molar-refractivity contribution in [1.29, 1.82) is 0 Å². The highest BCUT2D eigenvalue weighted by atomic mass is 16.6. The number of fused-ring (bicyclic) bond motifs is 1. The van der Waals surface area contributed by atoms with E-state index in [2.05, 4.69) is 10.6 Å². The molecule has 2 N–H and O–H groups in total. The van der Waals surface area contributed by atoms with Crippen LogP contribution in [-0.4, -0.2) is 44.3 Å². The molecule has 1 aliphatic heterocycles. The van der Waals surface area contributed by atoms with Crippen molar-refractivity contribution in [3.05, 3.63) is 53.6 Å². The highest BCUT2D eigenvalue weighted by molar-refractivity contribution is 5.98. The molecule has 1 unspecified atom stereocenters. The molecule has 1 heterocycles. The molecule has 2 amide bonds. The number of hydrogen-bond donors (Lipinski definition) is 2. The van der Waals surface area contributed by atoms with E-state index in [1.807, 2.05) is 38.1 Å². The van der Waals surface area contributed by atoms with Crippen LogP contribution in [0.1, 0.15) is 22.8 Å². The molecule has 0 spiro atoms. The molecule has 0 fully saturated rings. The summed E-state index contributed by atoms with van der Waals surface area (Å²) in [6.45, 7) is 4.81. The molecule has 28 heavy (non-hydrogen) atoms. The van der Waals surface area contributed by atoms with E-state index in [1.54, 1.807) is 18.2 Å². The molecule has 148 valence electrons. The molecular formula is C21H24N2O5. The largest absolute Gasteiger partial charge is 0.486 e. The van der Waals surface area contributed by atoms with Gasteiger partial charge in [-0.15, -0.1) is 0 Å². The van der Waals surface area contributed by atoms with Crippen LogP contribution < -0.4 is 20.1 Å². The van der Waals surface area contributed by atoms with Crippen molar-refractivity contribution in [2.45, 2.75) is 20.0 Å². The summed E-state index contributed by atoms with van der Waals surface area (Å²) in [4.78, 5) is 24.4. The summed E-state index contributed by atoms with van der Waals surface area (Å²) in [5, 5.41) is 5.62. The third-order valence-electron chi connectivity index (χ3n) is 4.27. The van der Waals surface area contributed by atoms with Gasteiger partial charge in [-0.05, 0) is 43.7 Å². The molecule has 0 aromatic heterocycles. The Labute approximate surface area is 164 Å². The van der Waals surface area contributed by atoms with Gasteiger partial charge in [-0.1, -0.05) is 18.2 Å². The van der Waals surface area contributed by atoms with Crippen molar-refractivity contribution in [1.82, 2.24) is 5.32 Å². The number of ether oxygens (including phenoxy) is 3. The smallest absolute Gasteiger partial charge is 0.251 e. The number of benzene rings is 2. The van der Waals surface area contributed by atoms with Crippen LogP contribution in [0.3, 0.4) is 0 Å². The topological polar surface area (TPSA) is 85.9 Å². The summed E-state index contributed by atoms with van der Waals surface area (Å²) in [6.07, 6.45) is -0.269. The summed E-state index contributed by atoms with van der Waals surface area (Å²) < 4.78 is 16.6. The zero-order valence-electron chi connectivity index (χ0n) is 16.0. The first-order chi connectivity index (χ1) is 13.6. The fourth-order valence-electron chi connectivity index (χ4n) is 2.75. The van der Waals surface area contributed by atoms with E-state index in [0.717, 1.165) is 5.56 Å². The number of carbonyl (C=O) groups is 2. The van der Waals surface area contributed by atoms with Crippen molar-refractivity contribution in [2.24, 2.45) is 0 Å². The fourth-order valence-corrected chi connectivity index (χ4v) is 2.75. The number of hydrogen-bond acceptors (Lipinski definition) is 5. The Hall–Kier alpha value is -3.06. The average Bonchev–Trinajstić information content (AvgIpc) is 2.72. The standard InChI is InChI=1S/C21H24N2O5/c1-3-26-13-20(24)23-17-10-15(9-8-14(17)2)21(25)22-11-16-12-27-18-6-4-5-7-19(18)28-16/h4-10,16H,3,11-13H2,1-2H3,(H,22,25)(H,23,24). The Morgan fingerprint density at radius 2 is 1.96 bits per heavy atom. The second-order valence-electron chi connectivity index (χ2n) is 6.42. The van der Waals surface area contributed by atoms with Gasteiger partial charge in [0.2, 0.25) is 5.91 Å². The molecular weight excluding hydrogens is 360 g/mol. The summed E-state index contributed by atoms with van der Waals surface area (Å²) >= 11 is 0. The number of para-hydroxylation sites is 2. The summed E-state index contributed by atoms with van der Waals surface area (Å²) in [6, 6.07) is 12.6. The van der Waals surface area contributed by atoms with E-state index in [0.29, 0.717) is 42.5 Å². The van der Waals surface area contributed by atoms with E-state index >= 15 is 0 Å². The Morgan fingerprint density at radius 1 is 1.18 bits per heavy atom. The zero-order valence-corrected chi connectivity index (χ0v) is 16.0. The second kappa shape index (κ2) is 9.23. The lowest BCUT2D eigenvalue weighted by Gasteiger charge is -2.26. The van der Waals surface area contributed by atoms with Gasteiger partial charge in [-0.2, -0.15) is 0 Å². The minimum Gasteiger partial charge on any atom is -0.486 e. The van der Waals surface area contributed by atoms with Gasteiger partial charge in [-0.3, -0.25) is 9.59 Å². The van der Waals surface area contributed by atoms with Crippen LogP contribution in [0.4, 0.5) is 5.69 Å². The van der Waals surface area contributed by atoms with Crippen LogP contribution >= 0.6 is 0 Å². The second-order valence-corrected chi connectivity index (χ2v) is 6.42. The Kier molecular flexibility index (Phi) is 6.49. The average molecular weight is 384 g/mol. The Morgan fingerprint density at radius 3 is 2.75 bits per heavy atom. The number of amides is 2. The number of nitrogens with one attached hydrogen (secondary N) is 2. The fraction of sp³-hybridized carbons (Fsp3) is 0.333. The van der Waals surface area contributed by atoms with Crippen LogP contribution in [0, 0.1) is 6.92 Å². The van der Waals surface area contributed by atoms with Gasteiger partial charge in [0.15, 0.2) is 11.5 Å². The summed E-state index contributed by atoms with van der Waals surface area (Å²) in [5.74, 6) is 0.871. The van der Waals surface area contributed by atoms with Crippen LogP contribution in [-0.2, 0) is 9.53 Å². The molecule has 0 saturated carbocycles. The highest BCUT2D eigenvalue weighted by Gasteiger charge is 2.21. The molecule has 1 atom stereocenters. The number of rotatable bonds is 7. The van der Waals surface area contributed by atoms with Crippen LogP contribution in [0.15, 0.2) is 42.5 Å². The van der Waals surface area contributed by atoms with Crippen LogP contribution in [0.2, 0.25) is 0 Å². The Bertz CT molecular complexity index is 852. The quantitative estimate of drug-likeness (QED) is 0.766. The van der Waals surface area contributed by atoms with E-state index in [1.165, 1.54) is 0 Å². The first-order valence-electron chi connectivity index (χ1n) is 9.21. The van der Waals surface area contributed by atoms with Gasteiger partial charge >= 0.3 is 0 Å². The number of carbonyl (C=O) groups excluding carboxylic acids is 2. The van der Waals surface area contributed by atoms with Gasteiger partial charge in [0, 0.05) is 17.9 Å². The predicted octanol–water partition coefficient (Wildman–Crippen LogP) is 2.54. The van der Waals surface area contributed by atoms with Gasteiger partial charge in [0.25, 0.3) is 5.91 Å². The van der Waals surface area contributed by atoms with E-state index in [4.69, 9.17) is 14.2 Å². The zero-order chi connectivity index (χ0) is 19.9. The molecule has 2 aromatic carbocycles. The van der Waals surface area contributed by atoms with Crippen molar-refractivity contribution in [3.63, 3.8) is 0 Å². The summed E-state index contributed by atoms with van der Waals surface area (Å²) in [5.41, 5.74) is 1.90. The van der Waals surface area contributed by atoms with E-state index in [-0.39, 0.29) is 24.5 Å². The molecule has 1 aliphatic rings. The van der Waals surface area contributed by atoms with Gasteiger partial charge in [-0.25, -0.2) is 0 Å². The van der Waals surface area contributed by atoms with E-state index in [9.17, 15) is 9.59 Å². The molecule has 7 heteroatoms. The van der Waals surface area contributed by atoms with Crippen molar-refractivity contribution >= 4 is 17.5 Å². The van der Waals surface area contributed by atoms with Crippen LogP contribution in [0.5, 0.6) is 11.5 Å². The van der Waals surface area contributed by atoms with Gasteiger partial charge < -0.3 is 24.8 Å². The molecule has 0 bridgehead atoms. The predicted molar refractivity (Wildman–Crippen MR) is 105 cm³/mol. The highest BCUT2D eigenvalue weighted by Crippen LogP contribution is 2.30. The monoisotopic (exact) mass is 384 g/mol. The third-order valence-corrected chi connectivity index (χ3v) is 4.27. The third kappa shape index (κ3) is 5.01. The molecule has 0 radical (unpaired) electrons. The van der Waals surface area contributed by atoms with Gasteiger partial charge in [0.1, 0.15) is 19.3 Å². The maximum absolute atomic E-state index is 12.5. The van der Waals surface area contributed by atoms with E-state index < -0.39 is 0 Å². The van der Waals surface area contributed by atoms with Gasteiger partial charge in [0.05, 0.1) is 6.54 Å². The lowest BCUT2D eigenvalue weighted by atomic mass is 10.1. The first kappa shape index (κ1) is 19.7. The summed E-state index contributed by atoms with van der Waals surface area (Å²) in [7, 11) is 0.